The van der Waals surface area contributed by atoms with Crippen LogP contribution in [-0.4, -0.2) is 38.0 Å². The van der Waals surface area contributed by atoms with Gasteiger partial charge in [-0.15, -0.1) is 0 Å². The van der Waals surface area contributed by atoms with Gasteiger partial charge in [-0.1, -0.05) is 36.4 Å². The summed E-state index contributed by atoms with van der Waals surface area (Å²) in [5.41, 5.74) is 1.88. The Labute approximate surface area is 152 Å². The molecule has 0 aliphatic rings. The van der Waals surface area contributed by atoms with Crippen LogP contribution in [0.2, 0.25) is 0 Å². The number of nitrogens with one attached hydrogen (secondary N) is 1. The van der Waals surface area contributed by atoms with Gasteiger partial charge < -0.3 is 15.0 Å². The summed E-state index contributed by atoms with van der Waals surface area (Å²) in [5.74, 6) is -0.751. The molecule has 0 atom stereocenters. The molecular weight excluding hydrogens is 332 g/mol. The number of amides is 2. The third-order valence-corrected chi connectivity index (χ3v) is 3.82. The second-order valence-corrected chi connectivity index (χ2v) is 5.72. The second-order valence-electron chi connectivity index (χ2n) is 5.72. The third-order valence-electron chi connectivity index (χ3n) is 3.82. The van der Waals surface area contributed by atoms with E-state index in [1.807, 2.05) is 30.3 Å². The van der Waals surface area contributed by atoms with Crippen LogP contribution >= 0.6 is 0 Å². The number of rotatable bonds is 7. The van der Waals surface area contributed by atoms with Crippen molar-refractivity contribution in [3.05, 3.63) is 65.7 Å². The van der Waals surface area contributed by atoms with Crippen molar-refractivity contribution in [3.63, 3.8) is 0 Å². The monoisotopic (exact) mass is 354 g/mol. The van der Waals surface area contributed by atoms with Gasteiger partial charge in [-0.3, -0.25) is 9.59 Å². The zero-order chi connectivity index (χ0) is 18.9. The molecule has 136 valence electrons. The molecule has 0 spiro atoms. The maximum absolute atomic E-state index is 12.0. The lowest BCUT2D eigenvalue weighted by atomic mass is 10.1. The zero-order valence-electron chi connectivity index (χ0n) is 14.9. The molecule has 2 amide bonds. The van der Waals surface area contributed by atoms with E-state index >= 15 is 0 Å². The number of esters is 1. The standard InChI is InChI=1S/C20H22N2O4/c1-15(23)22(18-10-6-9-17(14-18)20(25)26-2)12-11-21-19(24)13-16-7-4-3-5-8-16/h3-10,14H,11-13H2,1-2H3,(H,21,24). The van der Waals surface area contributed by atoms with Crippen LogP contribution in [0.4, 0.5) is 5.69 Å². The van der Waals surface area contributed by atoms with Crippen LogP contribution in [0.15, 0.2) is 54.6 Å². The molecule has 6 nitrogen and oxygen atoms in total. The van der Waals surface area contributed by atoms with Gasteiger partial charge in [-0.2, -0.15) is 0 Å². The summed E-state index contributed by atoms with van der Waals surface area (Å²) in [6, 6.07) is 16.1. The zero-order valence-corrected chi connectivity index (χ0v) is 14.9. The van der Waals surface area contributed by atoms with Crippen molar-refractivity contribution in [1.29, 1.82) is 0 Å². The fraction of sp³-hybridized carbons (Fsp3) is 0.250. The van der Waals surface area contributed by atoms with E-state index in [1.165, 1.54) is 18.9 Å². The van der Waals surface area contributed by atoms with Crippen molar-refractivity contribution in [1.82, 2.24) is 5.32 Å². The largest absolute Gasteiger partial charge is 0.465 e. The van der Waals surface area contributed by atoms with E-state index in [1.54, 1.807) is 24.3 Å². The van der Waals surface area contributed by atoms with Crippen LogP contribution in [-0.2, 0) is 20.7 Å². The van der Waals surface area contributed by atoms with E-state index in [2.05, 4.69) is 5.32 Å². The molecule has 2 rings (SSSR count). The molecule has 0 aromatic heterocycles. The van der Waals surface area contributed by atoms with Crippen LogP contribution in [0.25, 0.3) is 0 Å². The molecule has 0 heterocycles. The highest BCUT2D eigenvalue weighted by Crippen LogP contribution is 2.17. The number of hydrogen-bond donors (Lipinski definition) is 1. The quantitative estimate of drug-likeness (QED) is 0.774. The van der Waals surface area contributed by atoms with Crippen molar-refractivity contribution in [2.24, 2.45) is 0 Å². The fourth-order valence-corrected chi connectivity index (χ4v) is 2.54. The Bertz CT molecular complexity index is 774. The van der Waals surface area contributed by atoms with E-state index in [0.29, 0.717) is 30.8 Å². The first-order valence-electron chi connectivity index (χ1n) is 8.28. The molecule has 0 radical (unpaired) electrons. The maximum atomic E-state index is 12.0. The molecule has 1 N–H and O–H groups in total. The molecule has 0 bridgehead atoms. The van der Waals surface area contributed by atoms with Crippen LogP contribution in [0.5, 0.6) is 0 Å². The minimum atomic E-state index is -0.466. The molecule has 6 heteroatoms. The van der Waals surface area contributed by atoms with Crippen molar-refractivity contribution >= 4 is 23.5 Å². The number of carbonyl (C=O) groups is 3. The van der Waals surface area contributed by atoms with Crippen molar-refractivity contribution in [2.75, 3.05) is 25.1 Å². The normalized spacial score (nSPS) is 10.1. The number of carbonyl (C=O) groups excluding carboxylic acids is 3. The SMILES string of the molecule is COC(=O)c1cccc(N(CCNC(=O)Cc2ccccc2)C(C)=O)c1. The maximum Gasteiger partial charge on any atom is 0.337 e. The molecule has 0 aliphatic heterocycles. The number of anilines is 1. The van der Waals surface area contributed by atoms with E-state index in [-0.39, 0.29) is 11.8 Å². The van der Waals surface area contributed by atoms with Crippen LogP contribution in [0, 0.1) is 0 Å². The highest BCUT2D eigenvalue weighted by atomic mass is 16.5. The summed E-state index contributed by atoms with van der Waals surface area (Å²) >= 11 is 0. The molecule has 2 aromatic carbocycles. The number of ether oxygens (including phenoxy) is 1. The van der Waals surface area contributed by atoms with Crippen LogP contribution in [0.1, 0.15) is 22.8 Å². The number of nitrogens with zero attached hydrogens (tertiary/aromatic N) is 1. The van der Waals surface area contributed by atoms with Gasteiger partial charge in [0.2, 0.25) is 11.8 Å². The van der Waals surface area contributed by atoms with Gasteiger partial charge in [-0.25, -0.2) is 4.79 Å². The minimum Gasteiger partial charge on any atom is -0.465 e. The molecule has 26 heavy (non-hydrogen) atoms. The lowest BCUT2D eigenvalue weighted by molar-refractivity contribution is -0.121. The summed E-state index contributed by atoms with van der Waals surface area (Å²) in [5, 5.41) is 2.81. The average molecular weight is 354 g/mol. The summed E-state index contributed by atoms with van der Waals surface area (Å²) in [7, 11) is 1.31. The molecule has 0 saturated heterocycles. The van der Waals surface area contributed by atoms with Gasteiger partial charge in [0, 0.05) is 25.7 Å². The predicted molar refractivity (Wildman–Crippen MR) is 99.0 cm³/mol. The third kappa shape index (κ3) is 5.44. The van der Waals surface area contributed by atoms with E-state index in [4.69, 9.17) is 4.74 Å². The van der Waals surface area contributed by atoms with Gasteiger partial charge in [0.05, 0.1) is 19.1 Å². The molecule has 0 fully saturated rings. The van der Waals surface area contributed by atoms with Gasteiger partial charge >= 0.3 is 5.97 Å². The van der Waals surface area contributed by atoms with E-state index < -0.39 is 5.97 Å². The lowest BCUT2D eigenvalue weighted by Crippen LogP contribution is -2.38. The summed E-state index contributed by atoms with van der Waals surface area (Å²) in [6.07, 6.45) is 0.290. The lowest BCUT2D eigenvalue weighted by Gasteiger charge is -2.22. The Kier molecular flexibility index (Phi) is 6.91. The predicted octanol–water partition coefficient (Wildman–Crippen LogP) is 2.19. The van der Waals surface area contributed by atoms with Gasteiger partial charge in [0.25, 0.3) is 0 Å². The second kappa shape index (κ2) is 9.36. The first kappa shape index (κ1) is 19.2. The number of hydrogen-bond acceptors (Lipinski definition) is 4. The summed E-state index contributed by atoms with van der Waals surface area (Å²) < 4.78 is 4.70. The first-order chi connectivity index (χ1) is 12.5. The fourth-order valence-electron chi connectivity index (χ4n) is 2.54. The molecule has 0 aliphatic carbocycles. The Morgan fingerprint density at radius 2 is 1.77 bits per heavy atom. The topological polar surface area (TPSA) is 75.7 Å². The van der Waals surface area contributed by atoms with Crippen molar-refractivity contribution < 1.29 is 19.1 Å². The Balaban J connectivity index is 1.95. The number of methoxy groups -OCH3 is 1. The Morgan fingerprint density at radius 3 is 2.42 bits per heavy atom. The van der Waals surface area contributed by atoms with Crippen LogP contribution < -0.4 is 10.2 Å². The van der Waals surface area contributed by atoms with Gasteiger partial charge in [0.1, 0.15) is 0 Å². The summed E-state index contributed by atoms with van der Waals surface area (Å²) in [6.45, 7) is 2.06. The Hall–Kier alpha value is -3.15. The molecule has 0 unspecified atom stereocenters. The van der Waals surface area contributed by atoms with E-state index in [9.17, 15) is 14.4 Å². The highest BCUT2D eigenvalue weighted by Gasteiger charge is 2.14. The number of benzene rings is 2. The Morgan fingerprint density at radius 1 is 1.04 bits per heavy atom. The molecular formula is C20H22N2O4. The van der Waals surface area contributed by atoms with Gasteiger partial charge in [-0.05, 0) is 23.8 Å². The van der Waals surface area contributed by atoms with Gasteiger partial charge in [0.15, 0.2) is 0 Å². The van der Waals surface area contributed by atoms with Crippen molar-refractivity contribution in [2.45, 2.75) is 13.3 Å². The molecule has 2 aromatic rings. The highest BCUT2D eigenvalue weighted by molar-refractivity contribution is 5.95. The first-order valence-corrected chi connectivity index (χ1v) is 8.28. The smallest absolute Gasteiger partial charge is 0.337 e. The summed E-state index contributed by atoms with van der Waals surface area (Å²) in [4.78, 5) is 37.1. The average Bonchev–Trinajstić information content (AvgIpc) is 2.65. The molecule has 0 saturated carbocycles. The van der Waals surface area contributed by atoms with Crippen molar-refractivity contribution in [3.8, 4) is 0 Å². The van der Waals surface area contributed by atoms with E-state index in [0.717, 1.165) is 5.56 Å². The minimum absolute atomic E-state index is 0.108. The van der Waals surface area contributed by atoms with Crippen LogP contribution in [0.3, 0.4) is 0 Å².